The Labute approximate surface area is 131 Å². The highest BCUT2D eigenvalue weighted by Crippen LogP contribution is 2.22. The minimum Gasteiger partial charge on any atom is -0.508 e. The number of amides is 1. The van der Waals surface area contributed by atoms with Gasteiger partial charge in [0.2, 0.25) is 0 Å². The zero-order valence-electron chi connectivity index (χ0n) is 12.1. The molecule has 0 atom stereocenters. The van der Waals surface area contributed by atoms with Crippen LogP contribution in [-0.4, -0.2) is 29.3 Å². The van der Waals surface area contributed by atoms with Gasteiger partial charge in [0.15, 0.2) is 0 Å². The fourth-order valence-corrected chi connectivity index (χ4v) is 1.79. The summed E-state index contributed by atoms with van der Waals surface area (Å²) in [4.78, 5) is 22.0. The maximum Gasteiger partial charge on any atom is 0.271 e. The number of nitro groups is 1. The molecule has 0 saturated heterocycles. The molecule has 0 heterocycles. The highest BCUT2D eigenvalue weighted by molar-refractivity contribution is 5.95. The van der Waals surface area contributed by atoms with Crippen molar-refractivity contribution >= 4 is 17.8 Å². The number of hydrogen-bond donors (Lipinski definition) is 2. The van der Waals surface area contributed by atoms with Crippen molar-refractivity contribution in [3.05, 3.63) is 63.7 Å². The molecule has 0 aliphatic carbocycles. The van der Waals surface area contributed by atoms with Gasteiger partial charge in [0.05, 0.1) is 18.2 Å². The van der Waals surface area contributed by atoms with E-state index in [0.717, 1.165) is 6.07 Å². The summed E-state index contributed by atoms with van der Waals surface area (Å²) in [5, 5.41) is 23.8. The van der Waals surface area contributed by atoms with Gasteiger partial charge in [-0.1, -0.05) is 6.07 Å². The van der Waals surface area contributed by atoms with Gasteiger partial charge in [-0.15, -0.1) is 0 Å². The molecule has 2 rings (SSSR count). The van der Waals surface area contributed by atoms with Crippen LogP contribution in [0.25, 0.3) is 0 Å². The van der Waals surface area contributed by atoms with Gasteiger partial charge in [-0.25, -0.2) is 5.43 Å². The number of methoxy groups -OCH3 is 1. The van der Waals surface area contributed by atoms with E-state index in [0.29, 0.717) is 11.3 Å². The van der Waals surface area contributed by atoms with Gasteiger partial charge in [0.25, 0.3) is 11.6 Å². The average Bonchev–Trinajstić information content (AvgIpc) is 2.56. The number of ether oxygens (including phenoxy) is 1. The molecule has 0 saturated carbocycles. The van der Waals surface area contributed by atoms with Crippen molar-refractivity contribution in [1.29, 1.82) is 0 Å². The summed E-state index contributed by atoms with van der Waals surface area (Å²) in [5.41, 5.74) is 2.76. The molecule has 0 aromatic heterocycles. The zero-order valence-corrected chi connectivity index (χ0v) is 12.1. The molecule has 0 fully saturated rings. The van der Waals surface area contributed by atoms with Crippen LogP contribution in [0.15, 0.2) is 47.6 Å². The second kappa shape index (κ2) is 7.03. The molecular weight excluding hydrogens is 302 g/mol. The Bertz CT molecular complexity index is 773. The van der Waals surface area contributed by atoms with E-state index in [4.69, 9.17) is 4.74 Å². The van der Waals surface area contributed by atoms with Gasteiger partial charge >= 0.3 is 0 Å². The summed E-state index contributed by atoms with van der Waals surface area (Å²) in [6.45, 7) is 0. The summed E-state index contributed by atoms with van der Waals surface area (Å²) >= 11 is 0. The molecule has 23 heavy (non-hydrogen) atoms. The number of phenolic OH excluding ortho intramolecular Hbond substituents is 1. The Kier molecular flexibility index (Phi) is 4.88. The van der Waals surface area contributed by atoms with Gasteiger partial charge in [0.1, 0.15) is 11.5 Å². The number of nitro benzene ring substituents is 1. The molecule has 2 aromatic carbocycles. The number of nitrogens with one attached hydrogen (secondary N) is 1. The summed E-state index contributed by atoms with van der Waals surface area (Å²) < 4.78 is 5.07. The molecule has 0 radical (unpaired) electrons. The van der Waals surface area contributed by atoms with Crippen LogP contribution in [0.4, 0.5) is 5.69 Å². The van der Waals surface area contributed by atoms with Crippen molar-refractivity contribution in [2.75, 3.05) is 7.11 Å². The van der Waals surface area contributed by atoms with Crippen LogP contribution in [0.2, 0.25) is 0 Å². The first kappa shape index (κ1) is 16.0. The van der Waals surface area contributed by atoms with Crippen LogP contribution in [0.3, 0.4) is 0 Å². The average molecular weight is 315 g/mol. The number of aromatic hydroxyl groups is 1. The van der Waals surface area contributed by atoms with E-state index in [1.807, 2.05) is 0 Å². The molecule has 8 heteroatoms. The summed E-state index contributed by atoms with van der Waals surface area (Å²) in [5.74, 6) is -0.152. The van der Waals surface area contributed by atoms with Crippen molar-refractivity contribution in [2.45, 2.75) is 0 Å². The van der Waals surface area contributed by atoms with Crippen LogP contribution >= 0.6 is 0 Å². The second-order valence-corrected chi connectivity index (χ2v) is 4.43. The Balaban J connectivity index is 2.10. The highest BCUT2D eigenvalue weighted by atomic mass is 16.6. The van der Waals surface area contributed by atoms with Crippen LogP contribution in [-0.2, 0) is 0 Å². The van der Waals surface area contributed by atoms with Crippen molar-refractivity contribution in [1.82, 2.24) is 5.43 Å². The quantitative estimate of drug-likeness (QED) is 0.498. The maximum atomic E-state index is 11.9. The lowest BCUT2D eigenvalue weighted by molar-refractivity contribution is -0.384. The first-order valence-electron chi connectivity index (χ1n) is 6.46. The van der Waals surface area contributed by atoms with E-state index in [-0.39, 0.29) is 17.0 Å². The molecule has 0 bridgehead atoms. The Morgan fingerprint density at radius 2 is 2.13 bits per heavy atom. The molecular formula is C15H13N3O5. The standard InChI is InChI=1S/C15H13N3O5/c1-23-14-8-13(19)6-5-11(14)9-16-17-15(20)10-3-2-4-12(7-10)18(21)22/h2-9,19H,1H3,(H,17,20). The van der Waals surface area contributed by atoms with Crippen LogP contribution in [0.5, 0.6) is 11.5 Å². The van der Waals surface area contributed by atoms with Gasteiger partial charge in [0, 0.05) is 29.3 Å². The number of rotatable bonds is 5. The Morgan fingerprint density at radius 1 is 1.35 bits per heavy atom. The lowest BCUT2D eigenvalue weighted by Gasteiger charge is -2.04. The van der Waals surface area contributed by atoms with Gasteiger partial charge < -0.3 is 9.84 Å². The lowest BCUT2D eigenvalue weighted by Crippen LogP contribution is -2.17. The molecule has 118 valence electrons. The molecule has 0 aliphatic rings. The molecule has 2 aromatic rings. The van der Waals surface area contributed by atoms with Crippen molar-refractivity contribution in [3.63, 3.8) is 0 Å². The summed E-state index contributed by atoms with van der Waals surface area (Å²) in [6.07, 6.45) is 1.34. The number of phenols is 1. The minimum atomic E-state index is -0.582. The minimum absolute atomic E-state index is 0.0413. The van der Waals surface area contributed by atoms with Gasteiger partial charge in [-0.2, -0.15) is 5.10 Å². The third-order valence-electron chi connectivity index (χ3n) is 2.91. The lowest BCUT2D eigenvalue weighted by atomic mass is 10.2. The number of carbonyl (C=O) groups is 1. The van der Waals surface area contributed by atoms with E-state index in [9.17, 15) is 20.0 Å². The predicted octanol–water partition coefficient (Wildman–Crippen LogP) is 2.07. The predicted molar refractivity (Wildman–Crippen MR) is 82.8 cm³/mol. The molecule has 0 aliphatic heterocycles. The number of benzene rings is 2. The third kappa shape index (κ3) is 4.03. The maximum absolute atomic E-state index is 11.9. The van der Waals surface area contributed by atoms with Gasteiger partial charge in [-0.3, -0.25) is 14.9 Å². The fraction of sp³-hybridized carbons (Fsp3) is 0.0667. The number of hydrazone groups is 1. The van der Waals surface area contributed by atoms with Crippen LogP contribution < -0.4 is 10.2 Å². The Hall–Kier alpha value is -3.42. The molecule has 0 unspecified atom stereocenters. The number of hydrogen-bond acceptors (Lipinski definition) is 6. The van der Waals surface area contributed by atoms with Crippen molar-refractivity contribution < 1.29 is 19.6 Å². The largest absolute Gasteiger partial charge is 0.508 e. The number of carbonyl (C=O) groups excluding carboxylic acids is 1. The second-order valence-electron chi connectivity index (χ2n) is 4.43. The highest BCUT2D eigenvalue weighted by Gasteiger charge is 2.10. The SMILES string of the molecule is COc1cc(O)ccc1C=NNC(=O)c1cccc([N+](=O)[O-])c1. The molecule has 0 spiro atoms. The van der Waals surface area contributed by atoms with Gasteiger partial charge in [-0.05, 0) is 18.2 Å². The zero-order chi connectivity index (χ0) is 16.8. The van der Waals surface area contributed by atoms with Crippen LogP contribution in [0, 0.1) is 10.1 Å². The molecule has 2 N–H and O–H groups in total. The molecule has 1 amide bonds. The van der Waals surface area contributed by atoms with Crippen LogP contribution in [0.1, 0.15) is 15.9 Å². The number of nitrogens with zero attached hydrogens (tertiary/aromatic N) is 2. The van der Waals surface area contributed by atoms with E-state index in [1.54, 1.807) is 6.07 Å². The van der Waals surface area contributed by atoms with E-state index in [2.05, 4.69) is 10.5 Å². The third-order valence-corrected chi connectivity index (χ3v) is 2.91. The normalized spacial score (nSPS) is 10.5. The topological polar surface area (TPSA) is 114 Å². The fourth-order valence-electron chi connectivity index (χ4n) is 1.79. The van der Waals surface area contributed by atoms with E-state index < -0.39 is 10.8 Å². The smallest absolute Gasteiger partial charge is 0.271 e. The first-order valence-corrected chi connectivity index (χ1v) is 6.46. The van der Waals surface area contributed by atoms with Crippen molar-refractivity contribution in [2.24, 2.45) is 5.10 Å². The monoisotopic (exact) mass is 315 g/mol. The first-order chi connectivity index (χ1) is 11.0. The molecule has 8 nitrogen and oxygen atoms in total. The summed E-state index contributed by atoms with van der Waals surface area (Å²) in [7, 11) is 1.44. The van der Waals surface area contributed by atoms with Crippen molar-refractivity contribution in [3.8, 4) is 11.5 Å². The van der Waals surface area contributed by atoms with E-state index >= 15 is 0 Å². The summed E-state index contributed by atoms with van der Waals surface area (Å²) in [6, 6.07) is 9.74. The Morgan fingerprint density at radius 3 is 2.83 bits per heavy atom. The van der Waals surface area contributed by atoms with E-state index in [1.165, 1.54) is 43.7 Å². The number of non-ortho nitro benzene ring substituents is 1.